The van der Waals surface area contributed by atoms with Crippen molar-refractivity contribution in [1.82, 2.24) is 0 Å². The molecule has 14 heavy (non-hydrogen) atoms. The van der Waals surface area contributed by atoms with Crippen molar-refractivity contribution in [3.8, 4) is 0 Å². The molecule has 76 valence electrons. The smallest absolute Gasteiger partial charge is 0.343 e. The SMILES string of the molecule is CCc1ccc(C(F)C(=O)O)cc1Br. The van der Waals surface area contributed by atoms with Gasteiger partial charge in [0, 0.05) is 4.47 Å². The molecule has 0 amide bonds. The molecule has 0 saturated heterocycles. The number of carbonyl (C=O) groups is 1. The highest BCUT2D eigenvalue weighted by Gasteiger charge is 2.18. The maximum absolute atomic E-state index is 13.1. The lowest BCUT2D eigenvalue weighted by Gasteiger charge is -2.06. The van der Waals surface area contributed by atoms with Gasteiger partial charge in [0.15, 0.2) is 0 Å². The number of rotatable bonds is 3. The van der Waals surface area contributed by atoms with Crippen LogP contribution in [0.2, 0.25) is 0 Å². The Kier molecular flexibility index (Phi) is 3.63. The Morgan fingerprint density at radius 1 is 1.64 bits per heavy atom. The summed E-state index contributed by atoms with van der Waals surface area (Å²) in [5.74, 6) is -1.46. The van der Waals surface area contributed by atoms with Crippen molar-refractivity contribution in [3.05, 3.63) is 33.8 Å². The van der Waals surface area contributed by atoms with E-state index in [9.17, 15) is 9.18 Å². The molecule has 1 N–H and O–H groups in total. The highest BCUT2D eigenvalue weighted by atomic mass is 79.9. The maximum atomic E-state index is 13.1. The number of carboxylic acid groups (broad SMARTS) is 1. The molecule has 0 heterocycles. The molecule has 0 spiro atoms. The summed E-state index contributed by atoms with van der Waals surface area (Å²) < 4.78 is 13.8. The molecule has 0 aliphatic rings. The van der Waals surface area contributed by atoms with Crippen LogP contribution < -0.4 is 0 Å². The third-order valence-electron chi connectivity index (χ3n) is 1.97. The molecule has 1 unspecified atom stereocenters. The summed E-state index contributed by atoms with van der Waals surface area (Å²) >= 11 is 3.27. The minimum atomic E-state index is -1.95. The van der Waals surface area contributed by atoms with Gasteiger partial charge in [0.2, 0.25) is 6.17 Å². The van der Waals surface area contributed by atoms with Gasteiger partial charge < -0.3 is 5.11 Å². The number of benzene rings is 1. The Morgan fingerprint density at radius 2 is 2.29 bits per heavy atom. The topological polar surface area (TPSA) is 37.3 Å². The molecule has 1 aromatic rings. The molecule has 0 aliphatic heterocycles. The van der Waals surface area contributed by atoms with Crippen LogP contribution in [0.1, 0.15) is 24.2 Å². The predicted octanol–water partition coefficient (Wildman–Crippen LogP) is 3.11. The molecule has 0 aromatic heterocycles. The zero-order valence-corrected chi connectivity index (χ0v) is 9.21. The number of halogens is 2. The molecule has 4 heteroatoms. The Balaban J connectivity index is 3.02. The van der Waals surface area contributed by atoms with E-state index in [1.807, 2.05) is 6.92 Å². The van der Waals surface area contributed by atoms with Gasteiger partial charge in [-0.05, 0) is 23.6 Å². The van der Waals surface area contributed by atoms with Crippen molar-refractivity contribution in [2.24, 2.45) is 0 Å². The zero-order valence-electron chi connectivity index (χ0n) is 7.63. The highest BCUT2D eigenvalue weighted by Crippen LogP contribution is 2.24. The second-order valence-corrected chi connectivity index (χ2v) is 3.76. The summed E-state index contributed by atoms with van der Waals surface area (Å²) in [4.78, 5) is 10.4. The quantitative estimate of drug-likeness (QED) is 0.907. The molecule has 0 bridgehead atoms. The Labute approximate surface area is 89.9 Å². The van der Waals surface area contributed by atoms with E-state index in [1.54, 1.807) is 6.07 Å². The average Bonchev–Trinajstić information content (AvgIpc) is 2.16. The van der Waals surface area contributed by atoms with E-state index >= 15 is 0 Å². The van der Waals surface area contributed by atoms with Crippen LogP contribution in [0.5, 0.6) is 0 Å². The summed E-state index contributed by atoms with van der Waals surface area (Å²) in [5, 5.41) is 8.46. The van der Waals surface area contributed by atoms with E-state index in [1.165, 1.54) is 12.1 Å². The van der Waals surface area contributed by atoms with Gasteiger partial charge >= 0.3 is 5.97 Å². The molecule has 0 fully saturated rings. The molecule has 1 atom stereocenters. The monoisotopic (exact) mass is 260 g/mol. The van der Waals surface area contributed by atoms with Gasteiger partial charge in [-0.3, -0.25) is 0 Å². The van der Waals surface area contributed by atoms with E-state index in [2.05, 4.69) is 15.9 Å². The van der Waals surface area contributed by atoms with E-state index in [4.69, 9.17) is 5.11 Å². The van der Waals surface area contributed by atoms with Gasteiger partial charge in [0.1, 0.15) is 0 Å². The van der Waals surface area contributed by atoms with Crippen molar-refractivity contribution in [2.45, 2.75) is 19.5 Å². The predicted molar refractivity (Wildman–Crippen MR) is 55.0 cm³/mol. The first-order valence-corrected chi connectivity index (χ1v) is 5.00. The van der Waals surface area contributed by atoms with Crippen LogP contribution in [0.4, 0.5) is 4.39 Å². The molecule has 2 nitrogen and oxygen atoms in total. The van der Waals surface area contributed by atoms with Gasteiger partial charge in [0.25, 0.3) is 0 Å². The fourth-order valence-corrected chi connectivity index (χ4v) is 1.83. The second-order valence-electron chi connectivity index (χ2n) is 2.91. The number of hydrogen-bond acceptors (Lipinski definition) is 1. The number of carboxylic acids is 1. The molecular formula is C10H10BrFO2. The summed E-state index contributed by atoms with van der Waals surface area (Å²) in [6, 6.07) is 4.74. The molecular weight excluding hydrogens is 251 g/mol. The second kappa shape index (κ2) is 4.55. The fourth-order valence-electron chi connectivity index (χ4n) is 1.15. The summed E-state index contributed by atoms with van der Waals surface area (Å²) in [6.45, 7) is 1.98. The van der Waals surface area contributed by atoms with Crippen molar-refractivity contribution in [2.75, 3.05) is 0 Å². The van der Waals surface area contributed by atoms with Crippen molar-refractivity contribution in [1.29, 1.82) is 0 Å². The molecule has 0 aliphatic carbocycles. The lowest BCUT2D eigenvalue weighted by molar-refractivity contribution is -0.143. The summed E-state index contributed by atoms with van der Waals surface area (Å²) in [5.41, 5.74) is 1.20. The Hall–Kier alpha value is -0.900. The van der Waals surface area contributed by atoms with Crippen molar-refractivity contribution >= 4 is 21.9 Å². The van der Waals surface area contributed by atoms with Crippen LogP contribution in [0.25, 0.3) is 0 Å². The number of alkyl halides is 1. The van der Waals surface area contributed by atoms with Crippen LogP contribution in [-0.2, 0) is 11.2 Å². The van der Waals surface area contributed by atoms with Crippen LogP contribution in [0.3, 0.4) is 0 Å². The molecule has 1 aromatic carbocycles. The Morgan fingerprint density at radius 3 is 2.71 bits per heavy atom. The van der Waals surface area contributed by atoms with Crippen molar-refractivity contribution < 1.29 is 14.3 Å². The first-order valence-electron chi connectivity index (χ1n) is 4.21. The van der Waals surface area contributed by atoms with Gasteiger partial charge in [-0.1, -0.05) is 35.0 Å². The minimum absolute atomic E-state index is 0.168. The average molecular weight is 261 g/mol. The fraction of sp³-hybridized carbons (Fsp3) is 0.300. The molecule has 1 rings (SSSR count). The molecule has 0 radical (unpaired) electrons. The largest absolute Gasteiger partial charge is 0.479 e. The van der Waals surface area contributed by atoms with Crippen LogP contribution in [0.15, 0.2) is 22.7 Å². The standard InChI is InChI=1S/C10H10BrFO2/c1-2-6-3-4-7(5-8(6)11)9(12)10(13)14/h3-5,9H,2H2,1H3,(H,13,14). The normalized spacial score (nSPS) is 12.5. The first-order chi connectivity index (χ1) is 6.56. The van der Waals surface area contributed by atoms with Crippen LogP contribution in [0, 0.1) is 0 Å². The lowest BCUT2D eigenvalue weighted by atomic mass is 10.1. The van der Waals surface area contributed by atoms with E-state index in [0.29, 0.717) is 0 Å². The van der Waals surface area contributed by atoms with E-state index in [0.717, 1.165) is 16.5 Å². The van der Waals surface area contributed by atoms with Gasteiger partial charge in [-0.25, -0.2) is 9.18 Å². The van der Waals surface area contributed by atoms with Gasteiger partial charge in [-0.15, -0.1) is 0 Å². The summed E-state index contributed by atoms with van der Waals surface area (Å²) in [6.07, 6.45) is -1.12. The maximum Gasteiger partial charge on any atom is 0.343 e. The van der Waals surface area contributed by atoms with Crippen LogP contribution in [-0.4, -0.2) is 11.1 Å². The van der Waals surface area contributed by atoms with Crippen molar-refractivity contribution in [3.63, 3.8) is 0 Å². The lowest BCUT2D eigenvalue weighted by Crippen LogP contribution is -2.06. The number of aryl methyl sites for hydroxylation is 1. The highest BCUT2D eigenvalue weighted by molar-refractivity contribution is 9.10. The first kappa shape index (κ1) is 11.2. The minimum Gasteiger partial charge on any atom is -0.479 e. The number of aliphatic carboxylic acids is 1. The third kappa shape index (κ3) is 2.32. The zero-order chi connectivity index (χ0) is 10.7. The van der Waals surface area contributed by atoms with E-state index < -0.39 is 12.1 Å². The summed E-state index contributed by atoms with van der Waals surface area (Å²) in [7, 11) is 0. The molecule has 0 saturated carbocycles. The third-order valence-corrected chi connectivity index (χ3v) is 2.71. The van der Waals surface area contributed by atoms with E-state index in [-0.39, 0.29) is 5.56 Å². The van der Waals surface area contributed by atoms with Gasteiger partial charge in [0.05, 0.1) is 0 Å². The van der Waals surface area contributed by atoms with Crippen LogP contribution >= 0.6 is 15.9 Å². The van der Waals surface area contributed by atoms with Gasteiger partial charge in [-0.2, -0.15) is 0 Å². The number of hydrogen-bond donors (Lipinski definition) is 1. The Bertz CT molecular complexity index is 352.